The summed E-state index contributed by atoms with van der Waals surface area (Å²) >= 11 is 0. The van der Waals surface area contributed by atoms with Crippen LogP contribution >= 0.6 is 0 Å². The second-order valence-electron chi connectivity index (χ2n) is 9.54. The molecule has 2 heterocycles. The van der Waals surface area contributed by atoms with E-state index < -0.39 is 16.1 Å². The van der Waals surface area contributed by atoms with Crippen molar-refractivity contribution in [3.05, 3.63) is 78.4 Å². The number of rotatable bonds is 8. The molecule has 1 atom stereocenters. The Morgan fingerprint density at radius 3 is 2.44 bits per heavy atom. The second kappa shape index (κ2) is 11.5. The van der Waals surface area contributed by atoms with Crippen molar-refractivity contribution in [1.29, 1.82) is 0 Å². The van der Waals surface area contributed by atoms with Gasteiger partial charge in [-0.1, -0.05) is 24.6 Å². The molecule has 0 saturated carbocycles. The molecule has 0 radical (unpaired) electrons. The number of nitrogens with one attached hydrogen (secondary N) is 1. The minimum Gasteiger partial charge on any atom is -0.492 e. The maximum atomic E-state index is 12.9. The molecule has 3 aromatic carbocycles. The molecule has 2 aliphatic heterocycles. The zero-order chi connectivity index (χ0) is 27.4. The van der Waals surface area contributed by atoms with Crippen LogP contribution in [0.15, 0.2) is 77.7 Å². The minimum atomic E-state index is -3.57. The Balaban J connectivity index is 1.26. The van der Waals surface area contributed by atoms with Crippen molar-refractivity contribution in [2.45, 2.75) is 37.2 Å². The van der Waals surface area contributed by atoms with Gasteiger partial charge in [-0.05, 0) is 68.3 Å². The summed E-state index contributed by atoms with van der Waals surface area (Å²) in [4.78, 5) is 27.5. The minimum absolute atomic E-state index is 0.171. The first kappa shape index (κ1) is 26.7. The molecule has 2 amide bonds. The number of nitrogens with zero attached hydrogens (tertiary/aromatic N) is 2. The van der Waals surface area contributed by atoms with Crippen molar-refractivity contribution < 1.29 is 27.5 Å². The predicted octanol–water partition coefficient (Wildman–Crippen LogP) is 4.31. The van der Waals surface area contributed by atoms with Crippen molar-refractivity contribution in [2.24, 2.45) is 0 Å². The third-order valence-electron chi connectivity index (χ3n) is 6.82. The van der Waals surface area contributed by atoms with Gasteiger partial charge in [-0.15, -0.1) is 0 Å². The van der Waals surface area contributed by atoms with E-state index in [1.54, 1.807) is 30.0 Å². The topological polar surface area (TPSA) is 105 Å². The van der Waals surface area contributed by atoms with Gasteiger partial charge in [0.25, 0.3) is 11.8 Å². The Labute approximate surface area is 228 Å². The Bertz CT molecular complexity index is 1440. The fourth-order valence-corrected chi connectivity index (χ4v) is 6.24. The van der Waals surface area contributed by atoms with Gasteiger partial charge in [-0.2, -0.15) is 4.31 Å². The number of carbonyl (C=O) groups is 2. The van der Waals surface area contributed by atoms with E-state index in [2.05, 4.69) is 5.32 Å². The maximum absolute atomic E-state index is 12.9. The van der Waals surface area contributed by atoms with Crippen LogP contribution in [0.2, 0.25) is 0 Å². The molecule has 10 heteroatoms. The van der Waals surface area contributed by atoms with Crippen LogP contribution in [0, 0.1) is 0 Å². The number of para-hydroxylation sites is 1. The summed E-state index contributed by atoms with van der Waals surface area (Å²) < 4.78 is 38.9. The van der Waals surface area contributed by atoms with Gasteiger partial charge in [0.1, 0.15) is 18.1 Å². The van der Waals surface area contributed by atoms with E-state index in [1.165, 1.54) is 28.6 Å². The first-order chi connectivity index (χ1) is 18.8. The summed E-state index contributed by atoms with van der Waals surface area (Å²) in [6.45, 7) is 3.37. The standard InChI is InChI=1S/C29H31N3O6S/c1-21-29(34)32(18-19-37-24-8-4-2-5-9-24)26-15-12-23(20-27(26)38-21)30-28(33)22-10-13-25(14-11-22)39(35,36)31-16-6-3-7-17-31/h2,4-5,8-15,20-21H,3,6-7,16-19H2,1H3,(H,30,33). The normalized spacial score (nSPS) is 17.7. The molecule has 5 rings (SSSR count). The summed E-state index contributed by atoms with van der Waals surface area (Å²) in [5.41, 5.74) is 1.42. The van der Waals surface area contributed by atoms with Crippen LogP contribution in [-0.2, 0) is 14.8 Å². The number of benzene rings is 3. The smallest absolute Gasteiger partial charge is 0.267 e. The first-order valence-electron chi connectivity index (χ1n) is 13.0. The average Bonchev–Trinajstić information content (AvgIpc) is 2.96. The van der Waals surface area contributed by atoms with E-state index in [1.807, 2.05) is 30.3 Å². The highest BCUT2D eigenvalue weighted by molar-refractivity contribution is 7.89. The Hall–Kier alpha value is -3.89. The van der Waals surface area contributed by atoms with Gasteiger partial charge in [0, 0.05) is 30.4 Å². The van der Waals surface area contributed by atoms with Crippen LogP contribution in [0.3, 0.4) is 0 Å². The molecule has 3 aromatic rings. The molecule has 1 unspecified atom stereocenters. The fourth-order valence-electron chi connectivity index (χ4n) is 4.73. The third kappa shape index (κ3) is 5.91. The maximum Gasteiger partial charge on any atom is 0.267 e. The number of ether oxygens (including phenoxy) is 2. The van der Waals surface area contributed by atoms with E-state index in [4.69, 9.17) is 9.47 Å². The molecule has 0 bridgehead atoms. The highest BCUT2D eigenvalue weighted by Gasteiger charge is 2.32. The molecule has 39 heavy (non-hydrogen) atoms. The number of carbonyl (C=O) groups excluding carboxylic acids is 2. The zero-order valence-electron chi connectivity index (χ0n) is 21.7. The summed E-state index contributed by atoms with van der Waals surface area (Å²) in [5, 5.41) is 2.83. The van der Waals surface area contributed by atoms with Crippen molar-refractivity contribution in [3.63, 3.8) is 0 Å². The van der Waals surface area contributed by atoms with Gasteiger partial charge >= 0.3 is 0 Å². The van der Waals surface area contributed by atoms with E-state index >= 15 is 0 Å². The Kier molecular flexibility index (Phi) is 7.85. The van der Waals surface area contributed by atoms with Gasteiger partial charge in [0.05, 0.1) is 17.1 Å². The number of fused-ring (bicyclic) bond motifs is 1. The molecule has 2 aliphatic rings. The van der Waals surface area contributed by atoms with E-state index in [0.717, 1.165) is 25.0 Å². The van der Waals surface area contributed by atoms with Gasteiger partial charge in [-0.3, -0.25) is 9.59 Å². The van der Waals surface area contributed by atoms with E-state index in [0.29, 0.717) is 48.9 Å². The monoisotopic (exact) mass is 549 g/mol. The first-order valence-corrected chi connectivity index (χ1v) is 14.5. The lowest BCUT2D eigenvalue weighted by atomic mass is 10.1. The van der Waals surface area contributed by atoms with Gasteiger partial charge in [0.2, 0.25) is 10.0 Å². The highest BCUT2D eigenvalue weighted by atomic mass is 32.2. The lowest BCUT2D eigenvalue weighted by Crippen LogP contribution is -2.46. The molecular formula is C29H31N3O6S. The number of anilines is 2. The molecule has 0 spiro atoms. The quantitative estimate of drug-likeness (QED) is 0.449. The second-order valence-corrected chi connectivity index (χ2v) is 11.5. The SMILES string of the molecule is CC1Oc2cc(NC(=O)c3ccc(S(=O)(=O)N4CCCCC4)cc3)ccc2N(CCOc2ccccc2)C1=O. The molecule has 1 saturated heterocycles. The number of amides is 2. The van der Waals surface area contributed by atoms with Gasteiger partial charge in [0.15, 0.2) is 6.10 Å². The summed E-state index contributed by atoms with van der Waals surface area (Å²) in [5.74, 6) is 0.643. The summed E-state index contributed by atoms with van der Waals surface area (Å²) in [6.07, 6.45) is 2.07. The molecule has 9 nitrogen and oxygen atoms in total. The van der Waals surface area contributed by atoms with Crippen molar-refractivity contribution in [3.8, 4) is 11.5 Å². The van der Waals surface area contributed by atoms with Crippen molar-refractivity contribution in [2.75, 3.05) is 36.5 Å². The summed E-state index contributed by atoms with van der Waals surface area (Å²) in [7, 11) is -3.57. The zero-order valence-corrected chi connectivity index (χ0v) is 22.5. The van der Waals surface area contributed by atoms with Gasteiger partial charge in [-0.25, -0.2) is 8.42 Å². The van der Waals surface area contributed by atoms with E-state index in [9.17, 15) is 18.0 Å². The number of hydrogen-bond acceptors (Lipinski definition) is 6. The van der Waals surface area contributed by atoms with Crippen LogP contribution in [0.4, 0.5) is 11.4 Å². The van der Waals surface area contributed by atoms with Crippen LogP contribution in [0.5, 0.6) is 11.5 Å². The molecule has 0 aromatic heterocycles. The molecule has 204 valence electrons. The Morgan fingerprint density at radius 1 is 1.00 bits per heavy atom. The largest absolute Gasteiger partial charge is 0.492 e. The molecule has 0 aliphatic carbocycles. The summed E-state index contributed by atoms with van der Waals surface area (Å²) in [6, 6.07) is 20.4. The lowest BCUT2D eigenvalue weighted by molar-refractivity contribution is -0.125. The van der Waals surface area contributed by atoms with Crippen LogP contribution in [0.25, 0.3) is 0 Å². The lowest BCUT2D eigenvalue weighted by Gasteiger charge is -2.33. The number of sulfonamides is 1. The fraction of sp³-hybridized carbons (Fsp3) is 0.310. The number of piperidine rings is 1. The number of hydrogen-bond donors (Lipinski definition) is 1. The van der Waals surface area contributed by atoms with Crippen molar-refractivity contribution >= 4 is 33.2 Å². The highest BCUT2D eigenvalue weighted by Crippen LogP contribution is 2.36. The van der Waals surface area contributed by atoms with Crippen LogP contribution in [0.1, 0.15) is 36.5 Å². The predicted molar refractivity (Wildman–Crippen MR) is 148 cm³/mol. The molecule has 1 N–H and O–H groups in total. The van der Waals surface area contributed by atoms with Crippen molar-refractivity contribution in [1.82, 2.24) is 4.31 Å². The van der Waals surface area contributed by atoms with Crippen LogP contribution in [-0.4, -0.2) is 56.9 Å². The average molecular weight is 550 g/mol. The van der Waals surface area contributed by atoms with E-state index in [-0.39, 0.29) is 16.7 Å². The molecular weight excluding hydrogens is 518 g/mol. The molecule has 1 fully saturated rings. The Morgan fingerprint density at radius 2 is 1.72 bits per heavy atom. The van der Waals surface area contributed by atoms with Crippen LogP contribution < -0.4 is 19.7 Å². The van der Waals surface area contributed by atoms with Gasteiger partial charge < -0.3 is 19.7 Å². The third-order valence-corrected chi connectivity index (χ3v) is 8.74.